The zero-order chi connectivity index (χ0) is 18.8. The number of aromatic nitrogens is 2. The van der Waals surface area contributed by atoms with E-state index in [-0.39, 0.29) is 11.9 Å². The Morgan fingerprint density at radius 1 is 1.26 bits per heavy atom. The molecule has 5 nitrogen and oxygen atoms in total. The molecule has 1 aromatic heterocycles. The number of halogens is 1. The van der Waals surface area contributed by atoms with Crippen LogP contribution in [0.3, 0.4) is 0 Å². The van der Waals surface area contributed by atoms with Crippen molar-refractivity contribution in [1.29, 1.82) is 0 Å². The summed E-state index contributed by atoms with van der Waals surface area (Å²) in [5.41, 5.74) is 2.98. The molecule has 0 bridgehead atoms. The predicted octanol–water partition coefficient (Wildman–Crippen LogP) is 4.60. The van der Waals surface area contributed by atoms with Crippen LogP contribution in [-0.2, 0) is 17.0 Å². The monoisotopic (exact) mass is 399 g/mol. The molecule has 1 atom stereocenters. The number of hydrogen-bond donors (Lipinski definition) is 0. The van der Waals surface area contributed by atoms with Crippen molar-refractivity contribution in [3.05, 3.63) is 65.0 Å². The van der Waals surface area contributed by atoms with E-state index in [1.165, 1.54) is 17.3 Å². The number of fused-ring (bicyclic) bond motifs is 1. The average molecular weight is 400 g/mol. The van der Waals surface area contributed by atoms with Crippen molar-refractivity contribution in [2.75, 3.05) is 10.7 Å². The standard InChI is InChI=1S/C20H18ClN3O2S/c1-13-10-14-6-2-5-9-17(14)24(13)19(25)12-27-11-18-22-20(23-26-18)15-7-3-4-8-16(15)21/h2-9,13H,10-12H2,1H3/t13-/m1/s1. The number of para-hydroxylation sites is 1. The second-order valence-electron chi connectivity index (χ2n) is 6.43. The second kappa shape index (κ2) is 7.74. The van der Waals surface area contributed by atoms with Crippen LogP contribution in [0.4, 0.5) is 5.69 Å². The van der Waals surface area contributed by atoms with Gasteiger partial charge in [0, 0.05) is 17.3 Å². The van der Waals surface area contributed by atoms with E-state index in [0.29, 0.717) is 28.2 Å². The lowest BCUT2D eigenvalue weighted by Crippen LogP contribution is -2.37. The van der Waals surface area contributed by atoms with Crippen LogP contribution in [0.2, 0.25) is 5.02 Å². The third-order valence-electron chi connectivity index (χ3n) is 4.51. The first-order valence-corrected chi connectivity index (χ1v) is 10.2. The fraction of sp³-hybridized carbons (Fsp3) is 0.250. The summed E-state index contributed by atoms with van der Waals surface area (Å²) in [6, 6.07) is 15.6. The molecule has 0 spiro atoms. The van der Waals surface area contributed by atoms with Gasteiger partial charge < -0.3 is 9.42 Å². The first-order valence-electron chi connectivity index (χ1n) is 8.68. The summed E-state index contributed by atoms with van der Waals surface area (Å²) in [6.45, 7) is 2.08. The smallest absolute Gasteiger partial charge is 0.237 e. The van der Waals surface area contributed by atoms with Gasteiger partial charge in [0.15, 0.2) is 0 Å². The Morgan fingerprint density at radius 2 is 2.04 bits per heavy atom. The first-order chi connectivity index (χ1) is 13.1. The molecule has 0 N–H and O–H groups in total. The van der Waals surface area contributed by atoms with Gasteiger partial charge in [0.2, 0.25) is 17.6 Å². The lowest BCUT2D eigenvalue weighted by Gasteiger charge is -2.22. The van der Waals surface area contributed by atoms with Gasteiger partial charge in [0.25, 0.3) is 0 Å². The van der Waals surface area contributed by atoms with E-state index >= 15 is 0 Å². The molecule has 4 rings (SSSR count). The predicted molar refractivity (Wildman–Crippen MR) is 108 cm³/mol. The molecule has 1 aliphatic heterocycles. The van der Waals surface area contributed by atoms with Gasteiger partial charge in [-0.15, -0.1) is 11.8 Å². The Balaban J connectivity index is 1.37. The normalized spacial score (nSPS) is 15.8. The van der Waals surface area contributed by atoms with E-state index < -0.39 is 0 Å². The van der Waals surface area contributed by atoms with Gasteiger partial charge in [-0.2, -0.15) is 4.98 Å². The number of hydrogen-bond acceptors (Lipinski definition) is 5. The molecule has 0 saturated carbocycles. The number of anilines is 1. The molecule has 2 aromatic carbocycles. The Hall–Kier alpha value is -2.31. The zero-order valence-corrected chi connectivity index (χ0v) is 16.3. The molecule has 1 aliphatic rings. The van der Waals surface area contributed by atoms with Crippen molar-refractivity contribution in [3.63, 3.8) is 0 Å². The van der Waals surface area contributed by atoms with Crippen molar-refractivity contribution >= 4 is 35.0 Å². The summed E-state index contributed by atoms with van der Waals surface area (Å²) in [5.74, 6) is 1.89. The van der Waals surface area contributed by atoms with Crippen molar-refractivity contribution in [2.45, 2.75) is 25.1 Å². The molecule has 138 valence electrons. The summed E-state index contributed by atoms with van der Waals surface area (Å²) >= 11 is 7.63. The number of carbonyl (C=O) groups excluding carboxylic acids is 1. The van der Waals surface area contributed by atoms with E-state index in [9.17, 15) is 4.79 Å². The number of amides is 1. The van der Waals surface area contributed by atoms with Gasteiger partial charge in [-0.05, 0) is 37.1 Å². The second-order valence-corrected chi connectivity index (χ2v) is 7.82. The van der Waals surface area contributed by atoms with Gasteiger partial charge in [-0.25, -0.2) is 0 Å². The number of thioether (sulfide) groups is 1. The molecular formula is C20H18ClN3O2S. The minimum atomic E-state index is 0.100. The molecule has 27 heavy (non-hydrogen) atoms. The summed E-state index contributed by atoms with van der Waals surface area (Å²) in [6.07, 6.45) is 0.900. The maximum atomic E-state index is 12.7. The lowest BCUT2D eigenvalue weighted by molar-refractivity contribution is -0.116. The Labute approximate surface area is 166 Å². The number of rotatable bonds is 5. The lowest BCUT2D eigenvalue weighted by atomic mass is 10.1. The summed E-state index contributed by atoms with van der Waals surface area (Å²) < 4.78 is 5.29. The van der Waals surface area contributed by atoms with Crippen LogP contribution in [0.15, 0.2) is 53.1 Å². The molecule has 0 saturated heterocycles. The molecular weight excluding hydrogens is 382 g/mol. The van der Waals surface area contributed by atoms with Crippen molar-refractivity contribution < 1.29 is 9.32 Å². The SMILES string of the molecule is C[C@@H]1Cc2ccccc2N1C(=O)CSCc1nc(-c2ccccc2Cl)no1. The fourth-order valence-electron chi connectivity index (χ4n) is 3.31. The van der Waals surface area contributed by atoms with Gasteiger partial charge in [0.05, 0.1) is 16.5 Å². The molecule has 7 heteroatoms. The van der Waals surface area contributed by atoms with Crippen LogP contribution in [0.1, 0.15) is 18.4 Å². The van der Waals surface area contributed by atoms with Crippen LogP contribution >= 0.6 is 23.4 Å². The van der Waals surface area contributed by atoms with Crippen molar-refractivity contribution in [2.24, 2.45) is 0 Å². The van der Waals surface area contributed by atoms with Crippen molar-refractivity contribution in [1.82, 2.24) is 10.1 Å². The quantitative estimate of drug-likeness (QED) is 0.627. The highest BCUT2D eigenvalue weighted by Crippen LogP contribution is 2.32. The minimum Gasteiger partial charge on any atom is -0.338 e. The molecule has 1 amide bonds. The highest BCUT2D eigenvalue weighted by Gasteiger charge is 2.30. The Kier molecular flexibility index (Phi) is 5.18. The first kappa shape index (κ1) is 18.1. The topological polar surface area (TPSA) is 59.2 Å². The van der Waals surface area contributed by atoms with Crippen LogP contribution in [0.5, 0.6) is 0 Å². The summed E-state index contributed by atoms with van der Waals surface area (Å²) in [4.78, 5) is 19.0. The Bertz CT molecular complexity index is 975. The molecule has 2 heterocycles. The van der Waals surface area contributed by atoms with E-state index in [1.807, 2.05) is 41.3 Å². The van der Waals surface area contributed by atoms with Gasteiger partial charge in [-0.1, -0.05) is 47.1 Å². The van der Waals surface area contributed by atoms with Crippen LogP contribution in [-0.4, -0.2) is 27.8 Å². The van der Waals surface area contributed by atoms with Crippen LogP contribution < -0.4 is 4.90 Å². The van der Waals surface area contributed by atoms with Gasteiger partial charge >= 0.3 is 0 Å². The maximum Gasteiger partial charge on any atom is 0.237 e. The van der Waals surface area contributed by atoms with E-state index in [0.717, 1.165) is 17.7 Å². The molecule has 0 unspecified atom stereocenters. The van der Waals surface area contributed by atoms with Gasteiger partial charge in [-0.3, -0.25) is 4.79 Å². The van der Waals surface area contributed by atoms with Crippen LogP contribution in [0.25, 0.3) is 11.4 Å². The van der Waals surface area contributed by atoms with E-state index in [1.54, 1.807) is 6.07 Å². The molecule has 0 radical (unpaired) electrons. The molecule has 3 aromatic rings. The summed E-state index contributed by atoms with van der Waals surface area (Å²) in [5, 5.41) is 4.56. The summed E-state index contributed by atoms with van der Waals surface area (Å²) in [7, 11) is 0. The third kappa shape index (κ3) is 3.73. The number of benzene rings is 2. The molecule has 0 aliphatic carbocycles. The third-order valence-corrected chi connectivity index (χ3v) is 5.74. The van der Waals surface area contributed by atoms with Crippen molar-refractivity contribution in [3.8, 4) is 11.4 Å². The maximum absolute atomic E-state index is 12.7. The number of carbonyl (C=O) groups is 1. The highest BCUT2D eigenvalue weighted by atomic mass is 35.5. The molecule has 0 fully saturated rings. The van der Waals surface area contributed by atoms with E-state index in [4.69, 9.17) is 16.1 Å². The average Bonchev–Trinajstić information content (AvgIpc) is 3.25. The van der Waals surface area contributed by atoms with E-state index in [2.05, 4.69) is 23.1 Å². The fourth-order valence-corrected chi connectivity index (χ4v) is 4.23. The zero-order valence-electron chi connectivity index (χ0n) is 14.8. The Morgan fingerprint density at radius 3 is 2.89 bits per heavy atom. The number of nitrogens with zero attached hydrogens (tertiary/aromatic N) is 3. The minimum absolute atomic E-state index is 0.100. The van der Waals surface area contributed by atoms with Crippen LogP contribution in [0, 0.1) is 0 Å². The highest BCUT2D eigenvalue weighted by molar-refractivity contribution is 7.99. The largest absolute Gasteiger partial charge is 0.338 e. The van der Waals surface area contributed by atoms with Gasteiger partial charge in [0.1, 0.15) is 0 Å².